The van der Waals surface area contributed by atoms with Gasteiger partial charge in [-0.05, 0) is 63.6 Å². The Morgan fingerprint density at radius 2 is 1.74 bits per heavy atom. The zero-order chi connectivity index (χ0) is 13.5. The second-order valence-electron chi connectivity index (χ2n) is 6.71. The monoisotopic (exact) mass is 266 g/mol. The molecule has 2 nitrogen and oxygen atoms in total. The van der Waals surface area contributed by atoms with E-state index < -0.39 is 0 Å². The van der Waals surface area contributed by atoms with Gasteiger partial charge in [0.05, 0.1) is 0 Å². The van der Waals surface area contributed by atoms with Crippen LogP contribution in [0.3, 0.4) is 0 Å². The van der Waals surface area contributed by atoms with E-state index in [0.29, 0.717) is 0 Å². The second kappa shape index (κ2) is 8.26. The zero-order valence-corrected chi connectivity index (χ0v) is 13.2. The third-order valence-electron chi connectivity index (χ3n) is 5.32. The van der Waals surface area contributed by atoms with Gasteiger partial charge in [0.1, 0.15) is 0 Å². The molecule has 1 aliphatic heterocycles. The van der Waals surface area contributed by atoms with Gasteiger partial charge in [0.2, 0.25) is 0 Å². The molecule has 1 aliphatic carbocycles. The van der Waals surface area contributed by atoms with Crippen LogP contribution in [0.2, 0.25) is 0 Å². The van der Waals surface area contributed by atoms with Crippen LogP contribution in [0.1, 0.15) is 65.2 Å². The number of nitrogens with one attached hydrogen (secondary N) is 1. The molecule has 1 heterocycles. The summed E-state index contributed by atoms with van der Waals surface area (Å²) in [6.45, 7) is 9.93. The molecule has 0 amide bonds. The molecule has 0 aromatic rings. The molecule has 0 aromatic heterocycles. The van der Waals surface area contributed by atoms with Crippen LogP contribution in [0.15, 0.2) is 0 Å². The minimum Gasteiger partial charge on any atom is -0.317 e. The molecule has 0 spiro atoms. The molecule has 2 rings (SSSR count). The summed E-state index contributed by atoms with van der Waals surface area (Å²) in [5.74, 6) is 1.93. The van der Waals surface area contributed by atoms with E-state index in [4.69, 9.17) is 0 Å². The Kier molecular flexibility index (Phi) is 6.66. The summed E-state index contributed by atoms with van der Waals surface area (Å²) >= 11 is 0. The Bertz CT molecular complexity index is 235. The van der Waals surface area contributed by atoms with Crippen molar-refractivity contribution in [2.24, 2.45) is 11.8 Å². The first-order valence-electron chi connectivity index (χ1n) is 8.79. The quantitative estimate of drug-likeness (QED) is 0.789. The summed E-state index contributed by atoms with van der Waals surface area (Å²) in [7, 11) is 0. The largest absolute Gasteiger partial charge is 0.317 e. The van der Waals surface area contributed by atoms with E-state index in [1.807, 2.05) is 0 Å². The fourth-order valence-electron chi connectivity index (χ4n) is 4.22. The van der Waals surface area contributed by atoms with Gasteiger partial charge in [-0.25, -0.2) is 0 Å². The van der Waals surface area contributed by atoms with Gasteiger partial charge in [-0.1, -0.05) is 33.1 Å². The normalized spacial score (nSPS) is 29.8. The van der Waals surface area contributed by atoms with Crippen molar-refractivity contribution in [1.82, 2.24) is 10.2 Å². The van der Waals surface area contributed by atoms with Crippen LogP contribution in [-0.4, -0.2) is 37.1 Å². The SMILES string of the molecule is CCCN(CC1CCNCC1)C1CCCCC1CC. The minimum absolute atomic E-state index is 0.897. The van der Waals surface area contributed by atoms with E-state index in [0.717, 1.165) is 17.9 Å². The number of rotatable bonds is 6. The maximum absolute atomic E-state index is 3.50. The van der Waals surface area contributed by atoms with Crippen molar-refractivity contribution in [2.45, 2.75) is 71.3 Å². The first-order valence-corrected chi connectivity index (χ1v) is 8.79. The minimum atomic E-state index is 0.897. The van der Waals surface area contributed by atoms with Crippen LogP contribution >= 0.6 is 0 Å². The summed E-state index contributed by atoms with van der Waals surface area (Å²) in [5.41, 5.74) is 0. The average Bonchev–Trinajstić information content (AvgIpc) is 2.48. The standard InChI is InChI=1S/C17H34N2/c1-3-13-19(14-15-9-11-18-12-10-15)17-8-6-5-7-16(17)4-2/h15-18H,3-14H2,1-2H3. The molecule has 1 saturated heterocycles. The van der Waals surface area contributed by atoms with Crippen LogP contribution in [0.25, 0.3) is 0 Å². The predicted octanol–water partition coefficient (Wildman–Crippen LogP) is 3.67. The second-order valence-corrected chi connectivity index (χ2v) is 6.71. The third-order valence-corrected chi connectivity index (χ3v) is 5.32. The fourth-order valence-corrected chi connectivity index (χ4v) is 4.22. The van der Waals surface area contributed by atoms with E-state index in [1.165, 1.54) is 77.5 Å². The molecule has 2 atom stereocenters. The summed E-state index contributed by atoms with van der Waals surface area (Å²) < 4.78 is 0. The van der Waals surface area contributed by atoms with E-state index in [9.17, 15) is 0 Å². The number of hydrogen-bond acceptors (Lipinski definition) is 2. The highest BCUT2D eigenvalue weighted by atomic mass is 15.2. The average molecular weight is 266 g/mol. The Labute approximate surface area is 120 Å². The van der Waals surface area contributed by atoms with Crippen molar-refractivity contribution < 1.29 is 0 Å². The molecule has 19 heavy (non-hydrogen) atoms. The van der Waals surface area contributed by atoms with Crippen LogP contribution in [0, 0.1) is 11.8 Å². The van der Waals surface area contributed by atoms with E-state index in [2.05, 4.69) is 24.1 Å². The molecule has 2 heteroatoms. The molecule has 112 valence electrons. The van der Waals surface area contributed by atoms with Crippen LogP contribution < -0.4 is 5.32 Å². The lowest BCUT2D eigenvalue weighted by Gasteiger charge is -2.42. The lowest BCUT2D eigenvalue weighted by Crippen LogP contribution is -2.46. The van der Waals surface area contributed by atoms with Gasteiger partial charge < -0.3 is 5.32 Å². The van der Waals surface area contributed by atoms with Gasteiger partial charge in [0.15, 0.2) is 0 Å². The molecule has 0 bridgehead atoms. The fraction of sp³-hybridized carbons (Fsp3) is 1.00. The first-order chi connectivity index (χ1) is 9.35. The Morgan fingerprint density at radius 3 is 2.42 bits per heavy atom. The van der Waals surface area contributed by atoms with E-state index in [1.54, 1.807) is 0 Å². The van der Waals surface area contributed by atoms with Crippen LogP contribution in [0.4, 0.5) is 0 Å². The number of nitrogens with zero attached hydrogens (tertiary/aromatic N) is 1. The van der Waals surface area contributed by atoms with Gasteiger partial charge in [0, 0.05) is 12.6 Å². The van der Waals surface area contributed by atoms with Crippen LogP contribution in [0.5, 0.6) is 0 Å². The smallest absolute Gasteiger partial charge is 0.0123 e. The highest BCUT2D eigenvalue weighted by Crippen LogP contribution is 2.31. The van der Waals surface area contributed by atoms with Gasteiger partial charge in [0.25, 0.3) is 0 Å². The van der Waals surface area contributed by atoms with Gasteiger partial charge >= 0.3 is 0 Å². The molecule has 2 aliphatic rings. The van der Waals surface area contributed by atoms with Crippen molar-refractivity contribution in [2.75, 3.05) is 26.2 Å². The summed E-state index contributed by atoms with van der Waals surface area (Å²) in [4.78, 5) is 2.88. The zero-order valence-electron chi connectivity index (χ0n) is 13.2. The third kappa shape index (κ3) is 4.46. The maximum Gasteiger partial charge on any atom is 0.0123 e. The molecular weight excluding hydrogens is 232 g/mol. The van der Waals surface area contributed by atoms with Crippen molar-refractivity contribution in [1.29, 1.82) is 0 Å². The number of piperidine rings is 1. The molecule has 2 fully saturated rings. The predicted molar refractivity (Wildman–Crippen MR) is 83.5 cm³/mol. The van der Waals surface area contributed by atoms with E-state index in [-0.39, 0.29) is 0 Å². The summed E-state index contributed by atoms with van der Waals surface area (Å²) in [6, 6.07) is 0.897. The molecule has 1 N–H and O–H groups in total. The Balaban J connectivity index is 1.92. The van der Waals surface area contributed by atoms with Crippen molar-refractivity contribution >= 4 is 0 Å². The molecule has 1 saturated carbocycles. The topological polar surface area (TPSA) is 15.3 Å². The van der Waals surface area contributed by atoms with Crippen molar-refractivity contribution in [3.05, 3.63) is 0 Å². The summed E-state index contributed by atoms with van der Waals surface area (Å²) in [5, 5.41) is 3.50. The highest BCUT2D eigenvalue weighted by molar-refractivity contribution is 4.84. The lowest BCUT2D eigenvalue weighted by molar-refractivity contribution is 0.0789. The summed E-state index contributed by atoms with van der Waals surface area (Å²) in [6.07, 6.45) is 11.4. The van der Waals surface area contributed by atoms with E-state index >= 15 is 0 Å². The first kappa shape index (κ1) is 15.3. The Morgan fingerprint density at radius 1 is 1.00 bits per heavy atom. The molecule has 0 radical (unpaired) electrons. The number of hydrogen-bond donors (Lipinski definition) is 1. The van der Waals surface area contributed by atoms with Gasteiger partial charge in [-0.15, -0.1) is 0 Å². The molecule has 0 aromatic carbocycles. The molecule has 2 unspecified atom stereocenters. The van der Waals surface area contributed by atoms with Crippen molar-refractivity contribution in [3.63, 3.8) is 0 Å². The van der Waals surface area contributed by atoms with Gasteiger partial charge in [-0.2, -0.15) is 0 Å². The Hall–Kier alpha value is -0.0800. The molecular formula is C17H34N2. The maximum atomic E-state index is 3.50. The lowest BCUT2D eigenvalue weighted by atomic mass is 9.81. The van der Waals surface area contributed by atoms with Crippen molar-refractivity contribution in [3.8, 4) is 0 Å². The van der Waals surface area contributed by atoms with Gasteiger partial charge in [-0.3, -0.25) is 4.90 Å². The highest BCUT2D eigenvalue weighted by Gasteiger charge is 2.30. The van der Waals surface area contributed by atoms with Crippen LogP contribution in [-0.2, 0) is 0 Å².